The first-order chi connectivity index (χ1) is 12.9. The number of carbonyl (C=O) groups excluding carboxylic acids is 1. The molecule has 0 aliphatic carbocycles. The van der Waals surface area contributed by atoms with E-state index in [9.17, 15) is 18.5 Å². The van der Waals surface area contributed by atoms with Gasteiger partial charge in [0.05, 0.1) is 4.90 Å². The number of anilines is 2. The SMILES string of the molecule is N#C/C(=C/N1CCCc2ccccc21)C(=O)Nc1ccc(S(=O)(=O)O)cc1. The molecular weight excluding hydrogens is 366 g/mol. The highest BCUT2D eigenvalue weighted by Crippen LogP contribution is 2.27. The number of para-hydroxylation sites is 1. The van der Waals surface area contributed by atoms with E-state index in [1.165, 1.54) is 36.0 Å². The van der Waals surface area contributed by atoms with Crippen LogP contribution in [0.3, 0.4) is 0 Å². The van der Waals surface area contributed by atoms with Crippen molar-refractivity contribution in [1.82, 2.24) is 0 Å². The number of amides is 1. The minimum Gasteiger partial charge on any atom is -0.346 e. The van der Waals surface area contributed by atoms with Gasteiger partial charge < -0.3 is 10.2 Å². The van der Waals surface area contributed by atoms with E-state index < -0.39 is 16.0 Å². The Morgan fingerprint density at radius 1 is 1.19 bits per heavy atom. The summed E-state index contributed by atoms with van der Waals surface area (Å²) in [5.74, 6) is -0.597. The minimum atomic E-state index is -4.30. The lowest BCUT2D eigenvalue weighted by Gasteiger charge is -2.28. The van der Waals surface area contributed by atoms with Gasteiger partial charge in [-0.2, -0.15) is 13.7 Å². The van der Waals surface area contributed by atoms with Crippen LogP contribution in [0.25, 0.3) is 0 Å². The monoisotopic (exact) mass is 383 g/mol. The van der Waals surface area contributed by atoms with Gasteiger partial charge in [0.2, 0.25) is 0 Å². The first-order valence-corrected chi connectivity index (χ1v) is 9.68. The molecule has 0 aromatic heterocycles. The molecule has 2 aromatic rings. The van der Waals surface area contributed by atoms with E-state index in [4.69, 9.17) is 4.55 Å². The summed E-state index contributed by atoms with van der Waals surface area (Å²) in [6.07, 6.45) is 3.40. The zero-order valence-corrected chi connectivity index (χ0v) is 15.1. The third-order valence-corrected chi connectivity index (χ3v) is 5.07. The Hall–Kier alpha value is -3.15. The quantitative estimate of drug-likeness (QED) is 0.477. The number of rotatable bonds is 4. The molecule has 0 saturated carbocycles. The highest BCUT2D eigenvalue weighted by atomic mass is 32.2. The third kappa shape index (κ3) is 4.34. The first kappa shape index (κ1) is 18.6. The molecule has 0 saturated heterocycles. The van der Waals surface area contributed by atoms with Crippen molar-refractivity contribution in [2.75, 3.05) is 16.8 Å². The standard InChI is InChI=1S/C19H17N3O4S/c20-12-15(13-22-11-3-5-14-4-1-2-6-18(14)22)19(23)21-16-7-9-17(10-8-16)27(24,25)26/h1-2,4,6-10,13H,3,5,11H2,(H,21,23)(H,24,25,26)/b15-13-. The molecule has 2 aromatic carbocycles. The van der Waals surface area contributed by atoms with Gasteiger partial charge in [0.15, 0.2) is 0 Å². The van der Waals surface area contributed by atoms with Crippen molar-refractivity contribution in [3.63, 3.8) is 0 Å². The summed E-state index contributed by atoms with van der Waals surface area (Å²) in [4.78, 5) is 14.0. The summed E-state index contributed by atoms with van der Waals surface area (Å²) in [6, 6.07) is 14.8. The van der Waals surface area contributed by atoms with E-state index in [1.807, 2.05) is 35.2 Å². The van der Waals surface area contributed by atoms with E-state index in [-0.39, 0.29) is 10.5 Å². The largest absolute Gasteiger partial charge is 0.346 e. The molecule has 0 unspecified atom stereocenters. The summed E-state index contributed by atoms with van der Waals surface area (Å²) >= 11 is 0. The summed E-state index contributed by atoms with van der Waals surface area (Å²) in [7, 11) is -4.30. The molecule has 0 fully saturated rings. The molecule has 0 bridgehead atoms. The van der Waals surface area contributed by atoms with Crippen molar-refractivity contribution in [2.45, 2.75) is 17.7 Å². The van der Waals surface area contributed by atoms with Gasteiger partial charge in [-0.25, -0.2) is 0 Å². The molecule has 8 heteroatoms. The number of hydrogen-bond donors (Lipinski definition) is 2. The molecule has 2 N–H and O–H groups in total. The van der Waals surface area contributed by atoms with Crippen LogP contribution >= 0.6 is 0 Å². The van der Waals surface area contributed by atoms with Gasteiger partial charge in [0, 0.05) is 24.1 Å². The zero-order valence-electron chi connectivity index (χ0n) is 14.3. The molecule has 1 amide bonds. The van der Waals surface area contributed by atoms with Crippen molar-refractivity contribution in [1.29, 1.82) is 5.26 Å². The predicted octanol–water partition coefficient (Wildman–Crippen LogP) is 2.73. The lowest BCUT2D eigenvalue weighted by atomic mass is 10.0. The summed E-state index contributed by atoms with van der Waals surface area (Å²) in [5.41, 5.74) is 2.39. The van der Waals surface area contributed by atoms with Crippen LogP contribution < -0.4 is 10.2 Å². The summed E-state index contributed by atoms with van der Waals surface area (Å²) in [5, 5.41) is 11.9. The molecule has 1 heterocycles. The van der Waals surface area contributed by atoms with E-state index in [0.717, 1.165) is 18.5 Å². The fourth-order valence-corrected chi connectivity index (χ4v) is 3.38. The molecule has 1 aliphatic rings. The van der Waals surface area contributed by atoms with Crippen LogP contribution in [0.4, 0.5) is 11.4 Å². The second-order valence-corrected chi connectivity index (χ2v) is 7.46. The second-order valence-electron chi connectivity index (χ2n) is 6.03. The Labute approximate surface area is 157 Å². The molecule has 138 valence electrons. The molecule has 0 atom stereocenters. The van der Waals surface area contributed by atoms with E-state index in [1.54, 1.807) is 0 Å². The lowest BCUT2D eigenvalue weighted by molar-refractivity contribution is -0.112. The number of fused-ring (bicyclic) bond motifs is 1. The van der Waals surface area contributed by atoms with Crippen LogP contribution in [0.5, 0.6) is 0 Å². The van der Waals surface area contributed by atoms with Gasteiger partial charge in [-0.05, 0) is 48.7 Å². The predicted molar refractivity (Wildman–Crippen MR) is 101 cm³/mol. The molecule has 0 spiro atoms. The van der Waals surface area contributed by atoms with E-state index in [2.05, 4.69) is 5.32 Å². The molecule has 3 rings (SSSR count). The number of nitrogens with one attached hydrogen (secondary N) is 1. The lowest BCUT2D eigenvalue weighted by Crippen LogP contribution is -2.26. The maximum Gasteiger partial charge on any atom is 0.294 e. The average Bonchev–Trinajstić information content (AvgIpc) is 2.65. The fourth-order valence-electron chi connectivity index (χ4n) is 2.90. The van der Waals surface area contributed by atoms with Crippen LogP contribution in [0.2, 0.25) is 0 Å². The maximum atomic E-state index is 12.4. The van der Waals surface area contributed by atoms with Crippen LogP contribution in [-0.4, -0.2) is 25.4 Å². The Balaban J connectivity index is 1.79. The van der Waals surface area contributed by atoms with Crippen molar-refractivity contribution in [3.05, 3.63) is 65.9 Å². The van der Waals surface area contributed by atoms with Crippen molar-refractivity contribution >= 4 is 27.4 Å². The molecule has 7 nitrogen and oxygen atoms in total. The first-order valence-electron chi connectivity index (χ1n) is 8.24. The second kappa shape index (κ2) is 7.61. The smallest absolute Gasteiger partial charge is 0.294 e. The van der Waals surface area contributed by atoms with Crippen LogP contribution in [0.1, 0.15) is 12.0 Å². The number of nitrogens with zero attached hydrogens (tertiary/aromatic N) is 2. The van der Waals surface area contributed by atoms with E-state index in [0.29, 0.717) is 12.2 Å². The fraction of sp³-hybridized carbons (Fsp3) is 0.158. The highest BCUT2D eigenvalue weighted by molar-refractivity contribution is 7.85. The van der Waals surface area contributed by atoms with Crippen molar-refractivity contribution in [2.24, 2.45) is 0 Å². The molecule has 0 radical (unpaired) electrons. The number of hydrogen-bond acceptors (Lipinski definition) is 5. The number of benzene rings is 2. The number of carbonyl (C=O) groups is 1. The normalized spacial score (nSPS) is 14.2. The van der Waals surface area contributed by atoms with Gasteiger partial charge in [-0.15, -0.1) is 0 Å². The van der Waals surface area contributed by atoms with Crippen LogP contribution in [-0.2, 0) is 21.3 Å². The van der Waals surface area contributed by atoms with E-state index >= 15 is 0 Å². The Morgan fingerprint density at radius 3 is 2.56 bits per heavy atom. The topological polar surface area (TPSA) is 111 Å². The molecule has 1 aliphatic heterocycles. The van der Waals surface area contributed by atoms with Crippen LogP contribution in [0, 0.1) is 11.3 Å². The van der Waals surface area contributed by atoms with Crippen molar-refractivity contribution in [3.8, 4) is 6.07 Å². The zero-order chi connectivity index (χ0) is 19.4. The van der Waals surface area contributed by atoms with Gasteiger partial charge in [0.1, 0.15) is 11.6 Å². The van der Waals surface area contributed by atoms with Crippen LogP contribution in [0.15, 0.2) is 65.2 Å². The number of nitriles is 1. The number of aryl methyl sites for hydroxylation is 1. The third-order valence-electron chi connectivity index (χ3n) is 4.21. The highest BCUT2D eigenvalue weighted by Gasteiger charge is 2.18. The summed E-state index contributed by atoms with van der Waals surface area (Å²) in [6.45, 7) is 0.707. The van der Waals surface area contributed by atoms with Crippen molar-refractivity contribution < 1.29 is 17.8 Å². The van der Waals surface area contributed by atoms with Gasteiger partial charge in [0.25, 0.3) is 16.0 Å². The Bertz CT molecular complexity index is 1040. The van der Waals surface area contributed by atoms with Gasteiger partial charge >= 0.3 is 0 Å². The molecular formula is C19H17N3O4S. The Morgan fingerprint density at radius 2 is 1.89 bits per heavy atom. The Kier molecular flexibility index (Phi) is 5.26. The average molecular weight is 383 g/mol. The van der Waals surface area contributed by atoms with Gasteiger partial charge in [-0.3, -0.25) is 9.35 Å². The maximum absolute atomic E-state index is 12.4. The molecule has 27 heavy (non-hydrogen) atoms. The minimum absolute atomic E-state index is 0.0643. The summed E-state index contributed by atoms with van der Waals surface area (Å²) < 4.78 is 31.1. The van der Waals surface area contributed by atoms with Gasteiger partial charge in [-0.1, -0.05) is 18.2 Å².